The lowest BCUT2D eigenvalue weighted by Crippen LogP contribution is -2.51. The Balaban J connectivity index is 1.50. The van der Waals surface area contributed by atoms with Gasteiger partial charge in [0.2, 0.25) is 0 Å². The fourth-order valence-electron chi connectivity index (χ4n) is 3.41. The van der Waals surface area contributed by atoms with Gasteiger partial charge in [-0.3, -0.25) is 4.90 Å². The van der Waals surface area contributed by atoms with Crippen molar-refractivity contribution in [3.05, 3.63) is 29.3 Å². The van der Waals surface area contributed by atoms with E-state index in [1.807, 2.05) is 36.9 Å². The van der Waals surface area contributed by atoms with Gasteiger partial charge in [0.1, 0.15) is 0 Å². The van der Waals surface area contributed by atoms with E-state index in [0.717, 1.165) is 56.1 Å². The van der Waals surface area contributed by atoms with Crippen molar-refractivity contribution in [2.24, 2.45) is 0 Å². The van der Waals surface area contributed by atoms with Crippen molar-refractivity contribution in [1.82, 2.24) is 9.80 Å². The van der Waals surface area contributed by atoms with Crippen LogP contribution < -0.4 is 5.32 Å². The van der Waals surface area contributed by atoms with Gasteiger partial charge in [0.15, 0.2) is 0 Å². The Bertz CT molecular complexity index is 527. The average Bonchev–Trinajstić information content (AvgIpc) is 3.04. The van der Waals surface area contributed by atoms with Crippen LogP contribution in [0.2, 0.25) is 0 Å². The van der Waals surface area contributed by atoms with Crippen molar-refractivity contribution in [3.63, 3.8) is 0 Å². The quantitative estimate of drug-likeness (QED) is 0.932. The van der Waals surface area contributed by atoms with Gasteiger partial charge >= 0.3 is 6.03 Å². The van der Waals surface area contributed by atoms with E-state index < -0.39 is 0 Å². The van der Waals surface area contributed by atoms with Crippen LogP contribution in [0.1, 0.15) is 24.0 Å². The molecule has 5 heteroatoms. The van der Waals surface area contributed by atoms with Crippen LogP contribution in [0.15, 0.2) is 18.2 Å². The molecule has 2 amide bonds. The molecule has 0 aliphatic carbocycles. The van der Waals surface area contributed by atoms with Crippen LogP contribution >= 0.6 is 0 Å². The van der Waals surface area contributed by atoms with Gasteiger partial charge in [0.25, 0.3) is 0 Å². The second-order valence-electron chi connectivity index (χ2n) is 6.62. The first-order valence-corrected chi connectivity index (χ1v) is 8.59. The highest BCUT2D eigenvalue weighted by Crippen LogP contribution is 2.20. The van der Waals surface area contributed by atoms with Gasteiger partial charge in [-0.15, -0.1) is 0 Å². The minimum absolute atomic E-state index is 0.0131. The van der Waals surface area contributed by atoms with Crippen LogP contribution in [0.4, 0.5) is 10.5 Å². The molecule has 2 aliphatic heterocycles. The first-order chi connectivity index (χ1) is 11.1. The number of hydrogen-bond donors (Lipinski definition) is 1. The summed E-state index contributed by atoms with van der Waals surface area (Å²) in [6, 6.07) is 6.09. The number of ether oxygens (including phenoxy) is 1. The van der Waals surface area contributed by atoms with E-state index in [2.05, 4.69) is 10.2 Å². The zero-order valence-electron chi connectivity index (χ0n) is 14.2. The van der Waals surface area contributed by atoms with Crippen LogP contribution in [0.3, 0.4) is 0 Å². The van der Waals surface area contributed by atoms with Gasteiger partial charge in [-0.1, -0.05) is 18.2 Å². The van der Waals surface area contributed by atoms with Crippen LogP contribution in [0.25, 0.3) is 0 Å². The molecule has 1 N–H and O–H groups in total. The van der Waals surface area contributed by atoms with E-state index in [4.69, 9.17) is 4.74 Å². The van der Waals surface area contributed by atoms with Gasteiger partial charge in [0, 0.05) is 45.0 Å². The van der Waals surface area contributed by atoms with Crippen LogP contribution in [-0.2, 0) is 4.74 Å². The molecule has 3 rings (SSSR count). The molecule has 0 spiro atoms. The summed E-state index contributed by atoms with van der Waals surface area (Å²) in [6.45, 7) is 9.40. The van der Waals surface area contributed by atoms with Gasteiger partial charge < -0.3 is 15.0 Å². The number of hydrogen-bond acceptors (Lipinski definition) is 3. The minimum Gasteiger partial charge on any atom is -0.377 e. The molecule has 0 saturated carbocycles. The van der Waals surface area contributed by atoms with Crippen LogP contribution in [-0.4, -0.2) is 61.3 Å². The van der Waals surface area contributed by atoms with Crippen molar-refractivity contribution in [3.8, 4) is 0 Å². The van der Waals surface area contributed by atoms with E-state index in [0.29, 0.717) is 6.10 Å². The molecule has 2 heterocycles. The summed E-state index contributed by atoms with van der Waals surface area (Å²) in [6.07, 6.45) is 2.75. The van der Waals surface area contributed by atoms with Crippen molar-refractivity contribution >= 4 is 11.7 Å². The summed E-state index contributed by atoms with van der Waals surface area (Å²) in [4.78, 5) is 16.8. The van der Waals surface area contributed by atoms with Crippen molar-refractivity contribution in [1.29, 1.82) is 0 Å². The molecule has 2 fully saturated rings. The third kappa shape index (κ3) is 4.03. The standard InChI is InChI=1S/C18H27N3O2/c1-14-5-3-6-15(2)17(14)19-18(22)21-10-8-20(9-11-21)13-16-7-4-12-23-16/h3,5-6,16H,4,7-13H2,1-2H3,(H,19,22). The topological polar surface area (TPSA) is 44.8 Å². The van der Waals surface area contributed by atoms with E-state index in [1.54, 1.807) is 0 Å². The Kier molecular flexibility index (Phi) is 5.18. The second-order valence-corrected chi connectivity index (χ2v) is 6.62. The predicted molar refractivity (Wildman–Crippen MR) is 91.9 cm³/mol. The maximum absolute atomic E-state index is 12.5. The van der Waals surface area contributed by atoms with Gasteiger partial charge in [-0.05, 0) is 37.8 Å². The summed E-state index contributed by atoms with van der Waals surface area (Å²) in [5.41, 5.74) is 3.16. The normalized spacial score (nSPS) is 22.3. The third-order valence-corrected chi connectivity index (χ3v) is 4.86. The highest BCUT2D eigenvalue weighted by molar-refractivity contribution is 5.91. The number of nitrogens with one attached hydrogen (secondary N) is 1. The number of carbonyl (C=O) groups is 1. The lowest BCUT2D eigenvalue weighted by Gasteiger charge is -2.35. The molecule has 0 radical (unpaired) electrons. The summed E-state index contributed by atoms with van der Waals surface area (Å²) in [5.74, 6) is 0. The number of anilines is 1. The van der Waals surface area contributed by atoms with Gasteiger partial charge in [-0.25, -0.2) is 4.79 Å². The molecule has 126 valence electrons. The van der Waals surface area contributed by atoms with Crippen molar-refractivity contribution in [2.75, 3.05) is 44.6 Å². The zero-order valence-corrected chi connectivity index (χ0v) is 14.2. The number of benzene rings is 1. The molecule has 1 unspecified atom stereocenters. The van der Waals surface area contributed by atoms with Crippen LogP contribution in [0, 0.1) is 13.8 Å². The summed E-state index contributed by atoms with van der Waals surface area (Å²) < 4.78 is 5.70. The van der Waals surface area contributed by atoms with Crippen molar-refractivity contribution < 1.29 is 9.53 Å². The SMILES string of the molecule is Cc1cccc(C)c1NC(=O)N1CCN(CC2CCCO2)CC1. The summed E-state index contributed by atoms with van der Waals surface area (Å²) in [7, 11) is 0. The molecular formula is C18H27N3O2. The van der Waals surface area contributed by atoms with E-state index in [1.165, 1.54) is 12.8 Å². The van der Waals surface area contributed by atoms with E-state index in [-0.39, 0.29) is 6.03 Å². The molecule has 1 atom stereocenters. The largest absolute Gasteiger partial charge is 0.377 e. The number of rotatable bonds is 3. The monoisotopic (exact) mass is 317 g/mol. The maximum Gasteiger partial charge on any atom is 0.321 e. The number of amides is 2. The number of piperazine rings is 1. The molecule has 1 aromatic rings. The Hall–Kier alpha value is -1.59. The minimum atomic E-state index is 0.0131. The Morgan fingerprint density at radius 3 is 2.52 bits per heavy atom. The number of para-hydroxylation sites is 1. The lowest BCUT2D eigenvalue weighted by molar-refractivity contribution is 0.0572. The number of urea groups is 1. The third-order valence-electron chi connectivity index (χ3n) is 4.86. The smallest absolute Gasteiger partial charge is 0.321 e. The average molecular weight is 317 g/mol. The van der Waals surface area contributed by atoms with Crippen molar-refractivity contribution in [2.45, 2.75) is 32.8 Å². The molecular weight excluding hydrogens is 290 g/mol. The molecule has 23 heavy (non-hydrogen) atoms. The number of aryl methyl sites for hydroxylation is 2. The van der Waals surface area contributed by atoms with E-state index >= 15 is 0 Å². The Morgan fingerprint density at radius 1 is 1.22 bits per heavy atom. The number of nitrogens with zero attached hydrogens (tertiary/aromatic N) is 2. The molecule has 0 aromatic heterocycles. The Labute approximate surface area is 138 Å². The molecule has 1 aromatic carbocycles. The summed E-state index contributed by atoms with van der Waals surface area (Å²) in [5, 5.41) is 3.08. The number of carbonyl (C=O) groups excluding carboxylic acids is 1. The lowest BCUT2D eigenvalue weighted by atomic mass is 10.1. The first kappa shape index (κ1) is 16.3. The highest BCUT2D eigenvalue weighted by Gasteiger charge is 2.25. The summed E-state index contributed by atoms with van der Waals surface area (Å²) >= 11 is 0. The predicted octanol–water partition coefficient (Wildman–Crippen LogP) is 2.63. The Morgan fingerprint density at radius 2 is 1.91 bits per heavy atom. The first-order valence-electron chi connectivity index (χ1n) is 8.59. The molecule has 5 nitrogen and oxygen atoms in total. The highest BCUT2D eigenvalue weighted by atomic mass is 16.5. The molecule has 0 bridgehead atoms. The van der Waals surface area contributed by atoms with Gasteiger partial charge in [-0.2, -0.15) is 0 Å². The fraction of sp³-hybridized carbons (Fsp3) is 0.611. The molecule has 2 saturated heterocycles. The fourth-order valence-corrected chi connectivity index (χ4v) is 3.41. The zero-order chi connectivity index (χ0) is 16.2. The molecule has 2 aliphatic rings. The van der Waals surface area contributed by atoms with Gasteiger partial charge in [0.05, 0.1) is 6.10 Å². The second kappa shape index (κ2) is 7.32. The van der Waals surface area contributed by atoms with E-state index in [9.17, 15) is 4.79 Å². The van der Waals surface area contributed by atoms with Crippen LogP contribution in [0.5, 0.6) is 0 Å². The maximum atomic E-state index is 12.5.